The number of para-hydroxylation sites is 1. The van der Waals surface area contributed by atoms with Crippen molar-refractivity contribution in [3.63, 3.8) is 0 Å². The van der Waals surface area contributed by atoms with Crippen molar-refractivity contribution in [3.05, 3.63) is 58.6 Å². The Morgan fingerprint density at radius 3 is 2.59 bits per heavy atom. The highest BCUT2D eigenvalue weighted by Crippen LogP contribution is 2.38. The molecule has 3 aromatic rings. The number of aromatic nitrogens is 1. The molecule has 6 nitrogen and oxygen atoms in total. The van der Waals surface area contributed by atoms with E-state index in [1.165, 1.54) is 17.7 Å². The number of halogens is 1. The number of azo groups is 1. The summed E-state index contributed by atoms with van der Waals surface area (Å²) >= 11 is 3.35. The average molecular weight is 428 g/mol. The molecule has 2 aromatic carbocycles. The Balaban J connectivity index is 1.70. The standard InChI is InChI=1S/C20H19BrN4O2/c21-16-9-3-1-7-14(16)19(26)23-22-18-15-8-2-4-10-17(15)25(20(18)27)13-24-11-5-6-12-24/h1-4,7-10,27H,5-6,11-13H2/p+1. The van der Waals surface area contributed by atoms with Crippen molar-refractivity contribution in [2.75, 3.05) is 13.1 Å². The fraction of sp³-hybridized carbons (Fsp3) is 0.250. The lowest BCUT2D eigenvalue weighted by Crippen LogP contribution is -3.09. The number of carbonyl (C=O) groups is 1. The van der Waals surface area contributed by atoms with Crippen LogP contribution in [-0.4, -0.2) is 28.7 Å². The SMILES string of the molecule is O=C(N=Nc1c(O)n(C[NH+]2CCCC2)c2ccccc12)c1ccccc1Br. The van der Waals surface area contributed by atoms with Gasteiger partial charge in [0.1, 0.15) is 0 Å². The van der Waals surface area contributed by atoms with Gasteiger partial charge in [0.25, 0.3) is 5.91 Å². The van der Waals surface area contributed by atoms with Crippen LogP contribution in [0.1, 0.15) is 23.2 Å². The number of rotatable bonds is 4. The third-order valence-corrected chi connectivity index (χ3v) is 5.65. The third kappa shape index (κ3) is 3.52. The van der Waals surface area contributed by atoms with Crippen LogP contribution in [0.5, 0.6) is 5.88 Å². The van der Waals surface area contributed by atoms with Gasteiger partial charge in [0.05, 0.1) is 24.2 Å². The third-order valence-electron chi connectivity index (χ3n) is 4.95. The number of quaternary nitrogens is 1. The molecule has 0 atom stereocenters. The topological polar surface area (TPSA) is 71.4 Å². The van der Waals surface area contributed by atoms with Gasteiger partial charge in [-0.3, -0.25) is 9.36 Å². The molecule has 4 rings (SSSR count). The van der Waals surface area contributed by atoms with Crippen LogP contribution in [0.15, 0.2) is 63.2 Å². The zero-order valence-corrected chi connectivity index (χ0v) is 16.3. The first kappa shape index (κ1) is 17.9. The van der Waals surface area contributed by atoms with Crippen molar-refractivity contribution in [3.8, 4) is 5.88 Å². The van der Waals surface area contributed by atoms with Gasteiger partial charge < -0.3 is 10.0 Å². The number of amides is 1. The molecule has 0 aliphatic carbocycles. The Labute approximate surface area is 165 Å². The normalized spacial score (nSPS) is 15.1. The molecule has 1 fully saturated rings. The van der Waals surface area contributed by atoms with Crippen molar-refractivity contribution in [2.45, 2.75) is 19.5 Å². The maximum atomic E-state index is 12.4. The summed E-state index contributed by atoms with van der Waals surface area (Å²) in [5, 5.41) is 19.6. The fourth-order valence-corrected chi connectivity index (χ4v) is 4.03. The Morgan fingerprint density at radius 1 is 1.11 bits per heavy atom. The molecule has 2 heterocycles. The van der Waals surface area contributed by atoms with Crippen LogP contribution < -0.4 is 4.90 Å². The lowest BCUT2D eigenvalue weighted by atomic mass is 10.2. The molecule has 1 aliphatic heterocycles. The van der Waals surface area contributed by atoms with E-state index in [4.69, 9.17) is 0 Å². The minimum Gasteiger partial charge on any atom is -0.493 e. The summed E-state index contributed by atoms with van der Waals surface area (Å²) in [5.41, 5.74) is 1.67. The van der Waals surface area contributed by atoms with Crippen LogP contribution in [0.4, 0.5) is 5.69 Å². The Morgan fingerprint density at radius 2 is 1.81 bits per heavy atom. The number of nitrogens with zero attached hydrogens (tertiary/aromatic N) is 3. The first-order valence-corrected chi connectivity index (χ1v) is 9.79. The number of hydrogen-bond donors (Lipinski definition) is 2. The van der Waals surface area contributed by atoms with Crippen molar-refractivity contribution in [1.29, 1.82) is 0 Å². The minimum absolute atomic E-state index is 0.0549. The molecule has 0 bridgehead atoms. The van der Waals surface area contributed by atoms with Gasteiger partial charge in [-0.1, -0.05) is 30.3 Å². The molecule has 27 heavy (non-hydrogen) atoms. The Bertz CT molecular complexity index is 1020. The van der Waals surface area contributed by atoms with Crippen LogP contribution in [0.25, 0.3) is 10.9 Å². The van der Waals surface area contributed by atoms with Crippen LogP contribution in [0.2, 0.25) is 0 Å². The number of fused-ring (bicyclic) bond motifs is 1. The molecule has 1 aromatic heterocycles. The van der Waals surface area contributed by atoms with Crippen LogP contribution >= 0.6 is 15.9 Å². The average Bonchev–Trinajstić information content (AvgIpc) is 3.28. The van der Waals surface area contributed by atoms with Gasteiger partial charge in [0, 0.05) is 22.7 Å². The summed E-state index contributed by atoms with van der Waals surface area (Å²) in [6.45, 7) is 2.88. The molecular weight excluding hydrogens is 408 g/mol. The zero-order valence-electron chi connectivity index (χ0n) is 14.7. The highest BCUT2D eigenvalue weighted by atomic mass is 79.9. The van der Waals surface area contributed by atoms with Crippen LogP contribution in [0, 0.1) is 0 Å². The number of nitrogens with one attached hydrogen (secondary N) is 1. The molecule has 1 amide bonds. The fourth-order valence-electron chi connectivity index (χ4n) is 3.57. The van der Waals surface area contributed by atoms with Crippen molar-refractivity contribution in [2.24, 2.45) is 10.2 Å². The first-order valence-electron chi connectivity index (χ1n) is 8.99. The van der Waals surface area contributed by atoms with Gasteiger partial charge in [-0.2, -0.15) is 0 Å². The molecule has 2 N–H and O–H groups in total. The molecule has 0 radical (unpaired) electrons. The maximum Gasteiger partial charge on any atom is 0.296 e. The molecule has 1 aliphatic rings. The molecule has 1 saturated heterocycles. The van der Waals surface area contributed by atoms with E-state index in [0.717, 1.165) is 24.0 Å². The van der Waals surface area contributed by atoms with Crippen LogP contribution in [0.3, 0.4) is 0 Å². The maximum absolute atomic E-state index is 12.4. The summed E-state index contributed by atoms with van der Waals surface area (Å²) in [4.78, 5) is 13.8. The van der Waals surface area contributed by atoms with E-state index in [1.54, 1.807) is 18.2 Å². The summed E-state index contributed by atoms with van der Waals surface area (Å²) < 4.78 is 2.53. The van der Waals surface area contributed by atoms with E-state index in [-0.39, 0.29) is 5.88 Å². The quantitative estimate of drug-likeness (QED) is 0.623. The van der Waals surface area contributed by atoms with Crippen molar-refractivity contribution in [1.82, 2.24) is 4.57 Å². The van der Waals surface area contributed by atoms with Gasteiger partial charge in [-0.05, 0) is 34.1 Å². The zero-order chi connectivity index (χ0) is 18.8. The lowest BCUT2D eigenvalue weighted by molar-refractivity contribution is -0.910. The number of benzene rings is 2. The summed E-state index contributed by atoms with van der Waals surface area (Å²) in [6.07, 6.45) is 2.42. The largest absolute Gasteiger partial charge is 0.493 e. The number of aromatic hydroxyl groups is 1. The van der Waals surface area contributed by atoms with E-state index in [1.807, 2.05) is 34.9 Å². The second-order valence-electron chi connectivity index (χ2n) is 6.72. The van der Waals surface area contributed by atoms with E-state index >= 15 is 0 Å². The Hall–Kier alpha value is -2.51. The second-order valence-corrected chi connectivity index (χ2v) is 7.57. The van der Waals surface area contributed by atoms with Gasteiger partial charge in [-0.25, -0.2) is 0 Å². The van der Waals surface area contributed by atoms with Gasteiger partial charge in [-0.15, -0.1) is 10.2 Å². The minimum atomic E-state index is -0.455. The molecule has 138 valence electrons. The lowest BCUT2D eigenvalue weighted by Gasteiger charge is -2.14. The monoisotopic (exact) mass is 427 g/mol. The highest BCUT2D eigenvalue weighted by molar-refractivity contribution is 9.10. The van der Waals surface area contributed by atoms with Crippen LogP contribution in [-0.2, 0) is 6.67 Å². The number of likely N-dealkylation sites (tertiary alicyclic amines) is 1. The smallest absolute Gasteiger partial charge is 0.296 e. The van der Waals surface area contributed by atoms with Crippen molar-refractivity contribution < 1.29 is 14.8 Å². The van der Waals surface area contributed by atoms with E-state index in [0.29, 0.717) is 22.4 Å². The van der Waals surface area contributed by atoms with Gasteiger partial charge >= 0.3 is 0 Å². The summed E-state index contributed by atoms with van der Waals surface area (Å²) in [5.74, 6) is -0.400. The predicted molar refractivity (Wildman–Crippen MR) is 107 cm³/mol. The van der Waals surface area contributed by atoms with E-state index in [2.05, 4.69) is 26.2 Å². The molecule has 7 heteroatoms. The predicted octanol–water partition coefficient (Wildman–Crippen LogP) is 3.67. The van der Waals surface area contributed by atoms with E-state index < -0.39 is 5.91 Å². The molecule has 0 saturated carbocycles. The summed E-state index contributed by atoms with van der Waals surface area (Å²) in [6, 6.07) is 14.7. The molecule has 0 unspecified atom stereocenters. The first-order chi connectivity index (χ1) is 13.1. The summed E-state index contributed by atoms with van der Waals surface area (Å²) in [7, 11) is 0. The number of hydrogen-bond acceptors (Lipinski definition) is 3. The Kier molecular flexibility index (Phi) is 5.05. The molecule has 0 spiro atoms. The van der Waals surface area contributed by atoms with E-state index in [9.17, 15) is 9.90 Å². The van der Waals surface area contributed by atoms with Gasteiger partial charge in [0.2, 0.25) is 5.88 Å². The van der Waals surface area contributed by atoms with Crippen molar-refractivity contribution >= 4 is 38.4 Å². The number of carbonyl (C=O) groups excluding carboxylic acids is 1. The van der Waals surface area contributed by atoms with Gasteiger partial charge in [0.15, 0.2) is 12.4 Å². The second kappa shape index (κ2) is 7.62. The highest BCUT2D eigenvalue weighted by Gasteiger charge is 2.22. The molecular formula is C20H20BrN4O2+.